The Bertz CT molecular complexity index is 467. The fourth-order valence-electron chi connectivity index (χ4n) is 1.48. The average Bonchev–Trinajstić information content (AvgIpc) is 2.79. The fraction of sp³-hybridized carbons (Fsp3) is 0.333. The Kier molecular flexibility index (Phi) is 3.93. The van der Waals surface area contributed by atoms with E-state index in [1.54, 1.807) is 11.3 Å². The van der Waals surface area contributed by atoms with Crippen LogP contribution >= 0.6 is 11.3 Å². The van der Waals surface area contributed by atoms with Gasteiger partial charge >= 0.3 is 0 Å². The number of rotatable bonds is 5. The molecule has 2 N–H and O–H groups in total. The molecule has 5 heteroatoms. The smallest absolute Gasteiger partial charge is 0.224 e. The van der Waals surface area contributed by atoms with Gasteiger partial charge in [0, 0.05) is 24.8 Å². The van der Waals surface area contributed by atoms with Gasteiger partial charge in [0.15, 0.2) is 0 Å². The van der Waals surface area contributed by atoms with Crippen LogP contribution in [0.4, 0.5) is 11.8 Å². The van der Waals surface area contributed by atoms with E-state index in [2.05, 4.69) is 37.4 Å². The normalized spacial score (nSPS) is 10.2. The molecule has 2 aromatic rings. The molecular formula is C12H16N4S. The van der Waals surface area contributed by atoms with Gasteiger partial charge in [0.05, 0.1) is 0 Å². The SMILES string of the molecule is CCNc1nc(C)cc(NCc2ccsc2)n1. The summed E-state index contributed by atoms with van der Waals surface area (Å²) in [6, 6.07) is 4.06. The summed E-state index contributed by atoms with van der Waals surface area (Å²) in [7, 11) is 0. The number of nitrogens with one attached hydrogen (secondary N) is 2. The predicted octanol–water partition coefficient (Wildman–Crippen LogP) is 2.89. The summed E-state index contributed by atoms with van der Waals surface area (Å²) in [5.74, 6) is 1.54. The van der Waals surface area contributed by atoms with Crippen molar-refractivity contribution in [2.45, 2.75) is 20.4 Å². The van der Waals surface area contributed by atoms with Crippen LogP contribution in [-0.4, -0.2) is 16.5 Å². The van der Waals surface area contributed by atoms with Crippen LogP contribution in [0.3, 0.4) is 0 Å². The topological polar surface area (TPSA) is 49.8 Å². The predicted molar refractivity (Wildman–Crippen MR) is 72.6 cm³/mol. The van der Waals surface area contributed by atoms with Crippen molar-refractivity contribution in [3.63, 3.8) is 0 Å². The zero-order chi connectivity index (χ0) is 12.1. The zero-order valence-electron chi connectivity index (χ0n) is 10.0. The summed E-state index contributed by atoms with van der Waals surface area (Å²) in [4.78, 5) is 8.70. The monoisotopic (exact) mass is 248 g/mol. The van der Waals surface area contributed by atoms with E-state index >= 15 is 0 Å². The van der Waals surface area contributed by atoms with Crippen LogP contribution in [0.5, 0.6) is 0 Å². The minimum atomic E-state index is 0.681. The molecule has 2 rings (SSSR count). The van der Waals surface area contributed by atoms with Crippen LogP contribution in [0, 0.1) is 6.92 Å². The van der Waals surface area contributed by atoms with Gasteiger partial charge in [-0.2, -0.15) is 16.3 Å². The number of anilines is 2. The van der Waals surface area contributed by atoms with Gasteiger partial charge in [0.2, 0.25) is 5.95 Å². The molecule has 0 saturated heterocycles. The van der Waals surface area contributed by atoms with Crippen molar-refractivity contribution in [1.29, 1.82) is 0 Å². The van der Waals surface area contributed by atoms with E-state index < -0.39 is 0 Å². The molecule has 2 aromatic heterocycles. The van der Waals surface area contributed by atoms with Crippen molar-refractivity contribution in [3.05, 3.63) is 34.2 Å². The molecule has 0 spiro atoms. The van der Waals surface area contributed by atoms with Gasteiger partial charge in [0.25, 0.3) is 0 Å². The highest BCUT2D eigenvalue weighted by Gasteiger charge is 2.01. The van der Waals surface area contributed by atoms with Gasteiger partial charge in [-0.1, -0.05) is 0 Å². The van der Waals surface area contributed by atoms with E-state index in [-0.39, 0.29) is 0 Å². The summed E-state index contributed by atoms with van der Waals surface area (Å²) >= 11 is 1.70. The molecule has 0 bridgehead atoms. The van der Waals surface area contributed by atoms with Gasteiger partial charge in [-0.05, 0) is 36.2 Å². The number of hydrogen-bond donors (Lipinski definition) is 2. The third-order valence-corrected chi connectivity index (χ3v) is 2.97. The summed E-state index contributed by atoms with van der Waals surface area (Å²) in [5.41, 5.74) is 2.24. The van der Waals surface area contributed by atoms with Gasteiger partial charge in [-0.15, -0.1) is 0 Å². The average molecular weight is 248 g/mol. The molecule has 0 unspecified atom stereocenters. The second-order valence-corrected chi connectivity index (χ2v) is 4.51. The molecule has 90 valence electrons. The first kappa shape index (κ1) is 11.9. The molecule has 0 saturated carbocycles. The van der Waals surface area contributed by atoms with E-state index in [4.69, 9.17) is 0 Å². The molecule has 0 radical (unpaired) electrons. The Labute approximate surface area is 105 Å². The molecule has 17 heavy (non-hydrogen) atoms. The lowest BCUT2D eigenvalue weighted by molar-refractivity contribution is 1.03. The van der Waals surface area contributed by atoms with Gasteiger partial charge in [-0.25, -0.2) is 4.98 Å². The Morgan fingerprint density at radius 3 is 2.88 bits per heavy atom. The Morgan fingerprint density at radius 1 is 1.29 bits per heavy atom. The Morgan fingerprint density at radius 2 is 2.18 bits per heavy atom. The molecule has 0 atom stereocenters. The third-order valence-electron chi connectivity index (χ3n) is 2.24. The fourth-order valence-corrected chi connectivity index (χ4v) is 2.15. The van der Waals surface area contributed by atoms with E-state index in [0.29, 0.717) is 5.95 Å². The molecule has 0 amide bonds. The number of aryl methyl sites for hydroxylation is 1. The first-order valence-electron chi connectivity index (χ1n) is 5.62. The second kappa shape index (κ2) is 5.63. The van der Waals surface area contributed by atoms with Gasteiger partial charge in [0.1, 0.15) is 5.82 Å². The zero-order valence-corrected chi connectivity index (χ0v) is 10.8. The lowest BCUT2D eigenvalue weighted by Crippen LogP contribution is -2.07. The number of aromatic nitrogens is 2. The van der Waals surface area contributed by atoms with Crippen LogP contribution in [0.15, 0.2) is 22.9 Å². The lowest BCUT2D eigenvalue weighted by Gasteiger charge is -2.08. The molecular weight excluding hydrogens is 232 g/mol. The summed E-state index contributed by atoms with van der Waals surface area (Å²) in [6.45, 7) is 5.63. The highest BCUT2D eigenvalue weighted by atomic mass is 32.1. The first-order chi connectivity index (χ1) is 8.28. The number of nitrogens with zero attached hydrogens (tertiary/aromatic N) is 2. The molecule has 0 aliphatic carbocycles. The van der Waals surface area contributed by atoms with Gasteiger partial charge < -0.3 is 10.6 Å². The maximum Gasteiger partial charge on any atom is 0.224 e. The number of hydrogen-bond acceptors (Lipinski definition) is 5. The standard InChI is InChI=1S/C12H16N4S/c1-3-13-12-15-9(2)6-11(16-12)14-7-10-4-5-17-8-10/h4-6,8H,3,7H2,1-2H3,(H2,13,14,15,16). The quantitative estimate of drug-likeness (QED) is 0.854. The summed E-state index contributed by atoms with van der Waals surface area (Å²) in [5, 5.41) is 10.6. The molecule has 0 aliphatic heterocycles. The molecule has 0 aliphatic rings. The van der Waals surface area contributed by atoms with Crippen LogP contribution in [0.2, 0.25) is 0 Å². The molecule has 0 aromatic carbocycles. The maximum atomic E-state index is 4.39. The second-order valence-electron chi connectivity index (χ2n) is 3.73. The van der Waals surface area contributed by atoms with Crippen LogP contribution in [-0.2, 0) is 6.54 Å². The van der Waals surface area contributed by atoms with E-state index in [0.717, 1.165) is 24.6 Å². The highest BCUT2D eigenvalue weighted by Crippen LogP contribution is 2.12. The van der Waals surface area contributed by atoms with Crippen molar-refractivity contribution in [2.24, 2.45) is 0 Å². The number of thiophene rings is 1. The Balaban J connectivity index is 2.04. The third kappa shape index (κ3) is 3.42. The van der Waals surface area contributed by atoms with Crippen molar-refractivity contribution >= 4 is 23.1 Å². The van der Waals surface area contributed by atoms with Crippen LogP contribution in [0.25, 0.3) is 0 Å². The molecule has 2 heterocycles. The highest BCUT2D eigenvalue weighted by molar-refractivity contribution is 7.07. The molecule has 4 nitrogen and oxygen atoms in total. The first-order valence-corrected chi connectivity index (χ1v) is 6.56. The van der Waals surface area contributed by atoms with Crippen molar-refractivity contribution in [2.75, 3.05) is 17.2 Å². The van der Waals surface area contributed by atoms with Crippen LogP contribution in [0.1, 0.15) is 18.2 Å². The van der Waals surface area contributed by atoms with Gasteiger partial charge in [-0.3, -0.25) is 0 Å². The maximum absolute atomic E-state index is 4.39. The van der Waals surface area contributed by atoms with Crippen LogP contribution < -0.4 is 10.6 Å². The van der Waals surface area contributed by atoms with E-state index in [9.17, 15) is 0 Å². The summed E-state index contributed by atoms with van der Waals surface area (Å²) in [6.07, 6.45) is 0. The summed E-state index contributed by atoms with van der Waals surface area (Å²) < 4.78 is 0. The van der Waals surface area contributed by atoms with E-state index in [1.807, 2.05) is 19.9 Å². The largest absolute Gasteiger partial charge is 0.366 e. The van der Waals surface area contributed by atoms with Crippen molar-refractivity contribution < 1.29 is 0 Å². The van der Waals surface area contributed by atoms with Crippen molar-refractivity contribution in [1.82, 2.24) is 9.97 Å². The van der Waals surface area contributed by atoms with E-state index in [1.165, 1.54) is 5.56 Å². The minimum Gasteiger partial charge on any atom is -0.366 e. The molecule has 0 fully saturated rings. The minimum absolute atomic E-state index is 0.681. The van der Waals surface area contributed by atoms with Crippen molar-refractivity contribution in [3.8, 4) is 0 Å². The Hall–Kier alpha value is -1.62. The lowest BCUT2D eigenvalue weighted by atomic mass is 10.3.